The third-order valence-corrected chi connectivity index (χ3v) is 8.24. The van der Waals surface area contributed by atoms with Crippen LogP contribution in [0.15, 0.2) is 47.9 Å². The van der Waals surface area contributed by atoms with Crippen molar-refractivity contribution < 1.29 is 14.6 Å². The van der Waals surface area contributed by atoms with Gasteiger partial charge in [-0.2, -0.15) is 4.98 Å². The molecule has 0 radical (unpaired) electrons. The third kappa shape index (κ3) is 4.90. The SMILES string of the molecule is C=CC(=O)N[C@H]1CCCC[C@@H]1CC(O)=c1sc2nccc3c2c1nc(=O)n3-c1ccc(OC(C)C)cc1C. The summed E-state index contributed by atoms with van der Waals surface area (Å²) >= 11 is 1.34. The number of aromatic nitrogens is 3. The normalized spacial score (nSPS) is 18.6. The molecule has 9 heteroatoms. The van der Waals surface area contributed by atoms with Crippen LogP contribution in [0.1, 0.15) is 51.5 Å². The molecule has 4 aromatic rings. The number of hydrogen-bond donors (Lipinski definition) is 2. The Labute approximate surface area is 224 Å². The lowest BCUT2D eigenvalue weighted by molar-refractivity contribution is -0.117. The van der Waals surface area contributed by atoms with Crippen LogP contribution in [0, 0.1) is 12.8 Å². The number of nitrogens with zero attached hydrogens (tertiary/aromatic N) is 3. The van der Waals surface area contributed by atoms with Crippen LogP contribution in [0.25, 0.3) is 32.7 Å². The molecular weight excluding hydrogens is 500 g/mol. The second-order valence-electron chi connectivity index (χ2n) is 10.1. The first-order valence-corrected chi connectivity index (χ1v) is 13.8. The van der Waals surface area contributed by atoms with Gasteiger partial charge in [-0.15, -0.1) is 11.3 Å². The van der Waals surface area contributed by atoms with Gasteiger partial charge in [-0.25, -0.2) is 9.78 Å². The highest BCUT2D eigenvalue weighted by atomic mass is 32.1. The van der Waals surface area contributed by atoms with Crippen molar-refractivity contribution in [3.63, 3.8) is 0 Å². The molecule has 1 aromatic carbocycles. The maximum atomic E-state index is 13.4. The fourth-order valence-electron chi connectivity index (χ4n) is 5.41. The van der Waals surface area contributed by atoms with Gasteiger partial charge in [0.2, 0.25) is 5.91 Å². The molecule has 0 unspecified atom stereocenters. The fraction of sp³-hybridized carbons (Fsp3) is 0.379. The Balaban J connectivity index is 1.60. The number of benzene rings is 1. The van der Waals surface area contributed by atoms with Gasteiger partial charge in [-0.05, 0) is 75.4 Å². The van der Waals surface area contributed by atoms with Gasteiger partial charge in [-0.1, -0.05) is 19.4 Å². The van der Waals surface area contributed by atoms with E-state index in [1.165, 1.54) is 17.4 Å². The van der Waals surface area contributed by atoms with Crippen molar-refractivity contribution in [1.29, 1.82) is 0 Å². The Morgan fingerprint density at radius 1 is 1.32 bits per heavy atom. The van der Waals surface area contributed by atoms with E-state index in [2.05, 4.69) is 21.9 Å². The fourth-order valence-corrected chi connectivity index (χ4v) is 6.47. The number of nitrogens with one attached hydrogen (secondary N) is 1. The first-order valence-electron chi connectivity index (χ1n) is 13.0. The molecule has 38 heavy (non-hydrogen) atoms. The largest absolute Gasteiger partial charge is 0.511 e. The van der Waals surface area contributed by atoms with Crippen molar-refractivity contribution >= 4 is 44.3 Å². The molecule has 198 valence electrons. The number of ether oxygens (including phenoxy) is 1. The third-order valence-electron chi connectivity index (χ3n) is 7.11. The first kappa shape index (κ1) is 25.9. The van der Waals surface area contributed by atoms with Crippen LogP contribution in [0.4, 0.5) is 0 Å². The Morgan fingerprint density at radius 3 is 2.84 bits per heavy atom. The van der Waals surface area contributed by atoms with Gasteiger partial charge in [0.15, 0.2) is 0 Å². The summed E-state index contributed by atoms with van der Waals surface area (Å²) in [4.78, 5) is 35.1. The average molecular weight is 533 g/mol. The summed E-state index contributed by atoms with van der Waals surface area (Å²) in [6, 6.07) is 7.42. The standard InChI is InChI=1S/C29H32N4O4S/c1-5-24(35)31-20-9-7-6-8-18(20)15-23(34)27-26-25-22(12-13-30-28(25)38-27)33(29(36)32-26)21-11-10-19(14-17(21)4)37-16(2)3/h5,10-14,16,18,20,34H,1,6-9,15H2,2-4H3,(H,31,35)/t18-,20+/m1/s1. The summed E-state index contributed by atoms with van der Waals surface area (Å²) in [6.07, 6.45) is 7.23. The van der Waals surface area contributed by atoms with E-state index in [-0.39, 0.29) is 29.7 Å². The minimum atomic E-state index is -0.424. The maximum Gasteiger partial charge on any atom is 0.353 e. The number of thiophene rings is 1. The highest BCUT2D eigenvalue weighted by Crippen LogP contribution is 2.32. The zero-order valence-corrected chi connectivity index (χ0v) is 22.7. The highest BCUT2D eigenvalue weighted by Gasteiger charge is 2.28. The number of rotatable bonds is 7. The molecule has 1 amide bonds. The summed E-state index contributed by atoms with van der Waals surface area (Å²) in [5.74, 6) is 0.801. The first-order chi connectivity index (χ1) is 18.3. The van der Waals surface area contributed by atoms with Crippen molar-refractivity contribution in [3.05, 3.63) is 63.7 Å². The Bertz CT molecular complexity index is 1640. The van der Waals surface area contributed by atoms with Gasteiger partial charge in [0.25, 0.3) is 0 Å². The molecule has 1 aliphatic rings. The monoisotopic (exact) mass is 532 g/mol. The number of carbonyl (C=O) groups is 1. The Hall–Kier alpha value is -3.72. The zero-order chi connectivity index (χ0) is 27.0. The lowest BCUT2D eigenvalue weighted by Gasteiger charge is -2.31. The molecule has 0 aliphatic heterocycles. The molecule has 0 bridgehead atoms. The van der Waals surface area contributed by atoms with E-state index in [1.54, 1.807) is 10.8 Å². The van der Waals surface area contributed by atoms with Gasteiger partial charge >= 0.3 is 5.69 Å². The van der Waals surface area contributed by atoms with Crippen molar-refractivity contribution in [2.45, 2.75) is 65.0 Å². The van der Waals surface area contributed by atoms with E-state index in [9.17, 15) is 14.7 Å². The van der Waals surface area contributed by atoms with Crippen LogP contribution in [0.2, 0.25) is 0 Å². The van der Waals surface area contributed by atoms with Crippen molar-refractivity contribution in [2.75, 3.05) is 0 Å². The predicted octanol–water partition coefficient (Wildman–Crippen LogP) is 4.73. The van der Waals surface area contributed by atoms with E-state index in [4.69, 9.17) is 4.74 Å². The summed E-state index contributed by atoms with van der Waals surface area (Å²) in [6.45, 7) is 9.43. The van der Waals surface area contributed by atoms with Crippen LogP contribution >= 0.6 is 11.3 Å². The number of aryl methyl sites for hydroxylation is 1. The average Bonchev–Trinajstić information content (AvgIpc) is 3.25. The quantitative estimate of drug-likeness (QED) is 0.334. The summed E-state index contributed by atoms with van der Waals surface area (Å²) in [7, 11) is 0. The van der Waals surface area contributed by atoms with E-state index in [1.807, 2.05) is 45.0 Å². The molecule has 2 atom stereocenters. The Kier molecular flexibility index (Phi) is 7.21. The maximum absolute atomic E-state index is 13.4. The van der Waals surface area contributed by atoms with E-state index < -0.39 is 5.69 Å². The lowest BCUT2D eigenvalue weighted by Crippen LogP contribution is -2.41. The molecule has 1 saturated carbocycles. The minimum absolute atomic E-state index is 0.0319. The van der Waals surface area contributed by atoms with Crippen molar-refractivity contribution in [3.8, 4) is 11.4 Å². The second-order valence-corrected chi connectivity index (χ2v) is 11.1. The van der Waals surface area contributed by atoms with Crippen molar-refractivity contribution in [1.82, 2.24) is 19.9 Å². The number of amides is 1. The number of carbonyl (C=O) groups excluding carboxylic acids is 1. The molecule has 8 nitrogen and oxygen atoms in total. The van der Waals surface area contributed by atoms with Crippen LogP contribution in [0.5, 0.6) is 5.75 Å². The van der Waals surface area contributed by atoms with Crippen molar-refractivity contribution in [2.24, 2.45) is 5.92 Å². The summed E-state index contributed by atoms with van der Waals surface area (Å²) in [5.41, 5.74) is 2.33. The minimum Gasteiger partial charge on any atom is -0.511 e. The van der Waals surface area contributed by atoms with Crippen LogP contribution < -0.4 is 20.3 Å². The van der Waals surface area contributed by atoms with Gasteiger partial charge in [-0.3, -0.25) is 9.36 Å². The second kappa shape index (κ2) is 10.6. The molecule has 3 heterocycles. The smallest absolute Gasteiger partial charge is 0.353 e. The molecular formula is C29H32N4O4S. The van der Waals surface area contributed by atoms with Gasteiger partial charge in [0.05, 0.1) is 27.2 Å². The molecule has 1 fully saturated rings. The highest BCUT2D eigenvalue weighted by molar-refractivity contribution is 7.17. The van der Waals surface area contributed by atoms with E-state index >= 15 is 0 Å². The van der Waals surface area contributed by atoms with Crippen LogP contribution in [-0.2, 0) is 4.79 Å². The van der Waals surface area contributed by atoms with Gasteiger partial charge < -0.3 is 15.2 Å². The molecule has 1 aliphatic carbocycles. The molecule has 2 N–H and O–H groups in total. The van der Waals surface area contributed by atoms with Crippen LogP contribution in [0.3, 0.4) is 0 Å². The number of aliphatic hydroxyl groups is 1. The predicted molar refractivity (Wildman–Crippen MR) is 151 cm³/mol. The number of pyridine rings is 1. The van der Waals surface area contributed by atoms with Gasteiger partial charge in [0, 0.05) is 18.7 Å². The number of hydrogen-bond acceptors (Lipinski definition) is 7. The molecule has 0 saturated heterocycles. The van der Waals surface area contributed by atoms with Gasteiger partial charge in [0.1, 0.15) is 21.9 Å². The number of aliphatic hydroxyl groups excluding tert-OH is 1. The summed E-state index contributed by atoms with van der Waals surface area (Å²) < 4.78 is 7.97. The van der Waals surface area contributed by atoms with E-state index in [0.717, 1.165) is 48.1 Å². The lowest BCUT2D eigenvalue weighted by atomic mass is 9.82. The summed E-state index contributed by atoms with van der Waals surface area (Å²) in [5, 5.41) is 15.1. The zero-order valence-electron chi connectivity index (χ0n) is 21.9. The van der Waals surface area contributed by atoms with Crippen LogP contribution in [-0.4, -0.2) is 37.7 Å². The van der Waals surface area contributed by atoms with E-state index in [0.29, 0.717) is 26.8 Å². The Morgan fingerprint density at radius 2 is 2.11 bits per heavy atom. The molecule has 5 rings (SSSR count). The molecule has 0 spiro atoms. The molecule has 3 aromatic heterocycles. The topological polar surface area (TPSA) is 106 Å².